The summed E-state index contributed by atoms with van der Waals surface area (Å²) in [4.78, 5) is 27.3. The number of carbonyl (C=O) groups excluding carboxylic acids is 2. The zero-order chi connectivity index (χ0) is 16.1. The number of rotatable bonds is 3. The smallest absolute Gasteiger partial charge is 0.310 e. The van der Waals surface area contributed by atoms with Gasteiger partial charge in [0.1, 0.15) is 10.3 Å². The van der Waals surface area contributed by atoms with E-state index < -0.39 is 16.1 Å². The summed E-state index contributed by atoms with van der Waals surface area (Å²) in [6.45, 7) is 4.02. The van der Waals surface area contributed by atoms with Gasteiger partial charge >= 0.3 is 6.03 Å². The van der Waals surface area contributed by atoms with Gasteiger partial charge in [-0.2, -0.15) is 4.31 Å². The lowest BCUT2D eigenvalue weighted by Gasteiger charge is -2.34. The van der Waals surface area contributed by atoms with E-state index in [1.54, 1.807) is 31.4 Å². The highest BCUT2D eigenvalue weighted by Crippen LogP contribution is 2.28. The number of thiophene rings is 1. The highest BCUT2D eigenvalue weighted by atomic mass is 32.2. The molecule has 2 saturated heterocycles. The average molecular weight is 343 g/mol. The lowest BCUT2D eigenvalue weighted by molar-refractivity contribution is -0.130. The van der Waals surface area contributed by atoms with Crippen LogP contribution in [-0.4, -0.2) is 66.2 Å². The maximum atomic E-state index is 12.5. The van der Waals surface area contributed by atoms with Gasteiger partial charge in [0.25, 0.3) is 15.9 Å². The molecule has 9 heteroatoms. The van der Waals surface area contributed by atoms with Crippen LogP contribution in [0.3, 0.4) is 0 Å². The van der Waals surface area contributed by atoms with Crippen LogP contribution >= 0.6 is 11.3 Å². The monoisotopic (exact) mass is 343 g/mol. The van der Waals surface area contributed by atoms with E-state index >= 15 is 0 Å². The molecule has 1 atom stereocenters. The van der Waals surface area contributed by atoms with Gasteiger partial charge in [-0.25, -0.2) is 13.2 Å². The van der Waals surface area contributed by atoms with E-state index in [1.165, 1.54) is 14.1 Å². The number of sulfonamides is 1. The van der Waals surface area contributed by atoms with Gasteiger partial charge in [0.15, 0.2) is 0 Å². The van der Waals surface area contributed by atoms with Crippen LogP contribution in [0.2, 0.25) is 0 Å². The van der Waals surface area contributed by atoms with Gasteiger partial charge < -0.3 is 4.90 Å². The standard InChI is InChI=1S/C13H17N3O4S2/c1-9(2)16-12(17)10-8-14(5-6-15(10)13(16)18)22(19,20)11-4-3-7-21-11/h3-4,7,9-10H,5-6,8H2,1-2H3/t10-/m0/s1. The van der Waals surface area contributed by atoms with Gasteiger partial charge in [-0.05, 0) is 25.3 Å². The molecule has 2 aliphatic heterocycles. The average Bonchev–Trinajstić information content (AvgIpc) is 3.07. The number of hydrogen-bond acceptors (Lipinski definition) is 5. The highest BCUT2D eigenvalue weighted by molar-refractivity contribution is 7.91. The Morgan fingerprint density at radius 3 is 2.59 bits per heavy atom. The van der Waals surface area contributed by atoms with E-state index in [2.05, 4.69) is 0 Å². The first-order chi connectivity index (χ1) is 10.3. The zero-order valence-corrected chi connectivity index (χ0v) is 13.9. The molecule has 1 aromatic heterocycles. The number of hydrogen-bond donors (Lipinski definition) is 0. The van der Waals surface area contributed by atoms with Crippen LogP contribution in [0.4, 0.5) is 4.79 Å². The minimum Gasteiger partial charge on any atom is -0.310 e. The lowest BCUT2D eigenvalue weighted by Crippen LogP contribution is -2.54. The summed E-state index contributed by atoms with van der Waals surface area (Å²) in [7, 11) is -3.59. The van der Waals surface area contributed by atoms with E-state index in [0.29, 0.717) is 0 Å². The van der Waals surface area contributed by atoms with E-state index in [4.69, 9.17) is 0 Å². The summed E-state index contributed by atoms with van der Waals surface area (Å²) in [6.07, 6.45) is 0. The van der Waals surface area contributed by atoms with Gasteiger partial charge in [-0.1, -0.05) is 6.07 Å². The quantitative estimate of drug-likeness (QED) is 0.761. The number of urea groups is 1. The number of imide groups is 1. The molecule has 0 spiro atoms. The summed E-state index contributed by atoms with van der Waals surface area (Å²) in [5.41, 5.74) is 0. The van der Waals surface area contributed by atoms with Crippen molar-refractivity contribution in [3.8, 4) is 0 Å². The molecule has 0 unspecified atom stereocenters. The molecular weight excluding hydrogens is 326 g/mol. The van der Waals surface area contributed by atoms with Crippen molar-refractivity contribution in [1.82, 2.24) is 14.1 Å². The predicted octanol–water partition coefficient (Wildman–Crippen LogP) is 0.794. The molecule has 2 aliphatic rings. The van der Waals surface area contributed by atoms with Crippen molar-refractivity contribution >= 4 is 33.3 Å². The maximum absolute atomic E-state index is 12.5. The van der Waals surface area contributed by atoms with Gasteiger partial charge in [0, 0.05) is 25.7 Å². The fourth-order valence-corrected chi connectivity index (χ4v) is 5.40. The van der Waals surface area contributed by atoms with Crippen molar-refractivity contribution in [3.05, 3.63) is 17.5 Å². The third kappa shape index (κ3) is 2.24. The molecule has 0 saturated carbocycles. The molecule has 0 bridgehead atoms. The second-order valence-electron chi connectivity index (χ2n) is 5.59. The molecule has 22 heavy (non-hydrogen) atoms. The Morgan fingerprint density at radius 2 is 2.00 bits per heavy atom. The third-order valence-electron chi connectivity index (χ3n) is 3.92. The number of nitrogens with zero attached hydrogens (tertiary/aromatic N) is 3. The third-order valence-corrected chi connectivity index (χ3v) is 7.16. The molecule has 0 aliphatic carbocycles. The SMILES string of the molecule is CC(C)N1C(=O)[C@@H]2CN(S(=O)(=O)c3cccs3)CCN2C1=O. The number of carbonyl (C=O) groups is 2. The molecule has 0 radical (unpaired) electrons. The van der Waals surface area contributed by atoms with Crippen LogP contribution in [0.25, 0.3) is 0 Å². The van der Waals surface area contributed by atoms with Crippen LogP contribution in [0, 0.1) is 0 Å². The summed E-state index contributed by atoms with van der Waals surface area (Å²) in [5, 5.41) is 1.70. The molecule has 1 aromatic rings. The van der Waals surface area contributed by atoms with Gasteiger partial charge in [0.2, 0.25) is 0 Å². The Balaban J connectivity index is 1.86. The Bertz CT molecular complexity index is 699. The molecule has 0 N–H and O–H groups in total. The van der Waals surface area contributed by atoms with Crippen LogP contribution in [0.1, 0.15) is 13.8 Å². The van der Waals surface area contributed by atoms with E-state index in [0.717, 1.165) is 11.3 Å². The maximum Gasteiger partial charge on any atom is 0.327 e. The molecule has 3 rings (SSSR count). The van der Waals surface area contributed by atoms with E-state index in [9.17, 15) is 18.0 Å². The number of amides is 3. The fourth-order valence-electron chi connectivity index (χ4n) is 2.82. The van der Waals surface area contributed by atoms with Crippen LogP contribution < -0.4 is 0 Å². The minimum absolute atomic E-state index is 0.0219. The molecule has 3 amide bonds. The number of piperazine rings is 1. The van der Waals surface area contributed by atoms with Crippen molar-refractivity contribution in [3.63, 3.8) is 0 Å². The van der Waals surface area contributed by atoms with Crippen LogP contribution in [0.15, 0.2) is 21.7 Å². The number of fused-ring (bicyclic) bond motifs is 1. The first-order valence-corrected chi connectivity index (χ1v) is 9.33. The van der Waals surface area contributed by atoms with E-state index in [1.807, 2.05) is 0 Å². The van der Waals surface area contributed by atoms with Gasteiger partial charge in [0.05, 0.1) is 0 Å². The molecule has 120 valence electrons. The summed E-state index contributed by atoms with van der Waals surface area (Å²) >= 11 is 1.15. The largest absolute Gasteiger partial charge is 0.327 e. The van der Waals surface area contributed by atoms with Crippen LogP contribution in [0.5, 0.6) is 0 Å². The predicted molar refractivity (Wildman–Crippen MR) is 80.9 cm³/mol. The summed E-state index contributed by atoms with van der Waals surface area (Å²) in [6, 6.07) is 1.97. The first-order valence-electron chi connectivity index (χ1n) is 7.01. The Hall–Kier alpha value is -1.45. The molecule has 0 aromatic carbocycles. The highest BCUT2D eigenvalue weighted by Gasteiger charge is 2.50. The van der Waals surface area contributed by atoms with Crippen LogP contribution in [-0.2, 0) is 14.8 Å². The second-order valence-corrected chi connectivity index (χ2v) is 8.70. The zero-order valence-electron chi connectivity index (χ0n) is 12.3. The molecular formula is C13H17N3O4S2. The molecule has 3 heterocycles. The first kappa shape index (κ1) is 15.4. The van der Waals surface area contributed by atoms with Gasteiger partial charge in [-0.3, -0.25) is 9.69 Å². The second kappa shape index (κ2) is 5.32. The fraction of sp³-hybridized carbons (Fsp3) is 0.538. The summed E-state index contributed by atoms with van der Waals surface area (Å²) in [5.74, 6) is -0.314. The van der Waals surface area contributed by atoms with Crippen molar-refractivity contribution < 1.29 is 18.0 Å². The normalized spacial score (nSPS) is 23.5. The van der Waals surface area contributed by atoms with E-state index in [-0.39, 0.29) is 41.8 Å². The van der Waals surface area contributed by atoms with Crippen molar-refractivity contribution in [2.24, 2.45) is 0 Å². The van der Waals surface area contributed by atoms with Crippen molar-refractivity contribution in [2.75, 3.05) is 19.6 Å². The molecule has 7 nitrogen and oxygen atoms in total. The Morgan fingerprint density at radius 1 is 1.27 bits per heavy atom. The lowest BCUT2D eigenvalue weighted by atomic mass is 10.2. The van der Waals surface area contributed by atoms with Crippen molar-refractivity contribution in [1.29, 1.82) is 0 Å². The molecule has 2 fully saturated rings. The Labute approximate surface area is 133 Å². The minimum atomic E-state index is -3.59. The topological polar surface area (TPSA) is 78.0 Å². The van der Waals surface area contributed by atoms with Gasteiger partial charge in [-0.15, -0.1) is 11.3 Å². The van der Waals surface area contributed by atoms with Crippen molar-refractivity contribution in [2.45, 2.75) is 30.1 Å². The summed E-state index contributed by atoms with van der Waals surface area (Å²) < 4.78 is 26.7. The Kier molecular flexibility index (Phi) is 3.74.